The van der Waals surface area contributed by atoms with Crippen molar-refractivity contribution in [2.45, 2.75) is 0 Å². The van der Waals surface area contributed by atoms with E-state index in [0.29, 0.717) is 0 Å². The lowest BCUT2D eigenvalue weighted by molar-refractivity contribution is 0.117. The van der Waals surface area contributed by atoms with Gasteiger partial charge in [0.05, 0.1) is 0 Å². The Morgan fingerprint density at radius 1 is 0.909 bits per heavy atom. The molecule has 0 rings (SSSR count). The Balaban J connectivity index is -0.000000107. The van der Waals surface area contributed by atoms with Gasteiger partial charge in [-0.2, -0.15) is 0 Å². The summed E-state index contributed by atoms with van der Waals surface area (Å²) in [6.07, 6.45) is 0. The van der Waals surface area contributed by atoms with Crippen LogP contribution in [0, 0.1) is 0 Å². The molecule has 0 aliphatic rings. The van der Waals surface area contributed by atoms with E-state index in [1.54, 1.807) is 0 Å². The average Bonchev–Trinajstić information content (AvgIpc) is 1.12. The Kier molecular flexibility index (Phi) is 9.60. The molecule has 7 N–H and O–H groups in total. The van der Waals surface area contributed by atoms with Gasteiger partial charge in [0.1, 0.15) is 0 Å². The number of hydrogen-bond donors (Lipinski definition) is 7. The van der Waals surface area contributed by atoms with Crippen molar-refractivity contribution < 1.29 is 38.4 Å². The standard InChI is InChI=1S/ClH.H3O4P.H4O4Si/c;2*1-5(2,3)4/h1H;(H3,1,2,3,4);1-4H. The molecule has 0 aromatic carbocycles. The molecule has 0 amide bonds. The first-order valence-corrected chi connectivity index (χ1v) is 5.03. The topological polar surface area (TPSA) is 159 Å². The van der Waals surface area contributed by atoms with Crippen LogP contribution >= 0.6 is 20.2 Å². The van der Waals surface area contributed by atoms with Crippen molar-refractivity contribution in [1.82, 2.24) is 0 Å². The van der Waals surface area contributed by atoms with Crippen molar-refractivity contribution in [1.29, 1.82) is 0 Å². The predicted octanol–water partition coefficient (Wildman–Crippen LogP) is -3.12. The van der Waals surface area contributed by atoms with Gasteiger partial charge in [0.15, 0.2) is 0 Å². The first kappa shape index (κ1) is 17.5. The SMILES string of the molecule is Cl.O=P(O)(O)O.O[Si](O)(O)O. The maximum Gasteiger partial charge on any atom is 0.668 e. The predicted molar refractivity (Wildman–Crippen MR) is 36.1 cm³/mol. The third-order valence-corrected chi connectivity index (χ3v) is 0. The average molecular weight is 231 g/mol. The van der Waals surface area contributed by atoms with Crippen LogP contribution in [0.5, 0.6) is 0 Å². The van der Waals surface area contributed by atoms with Gasteiger partial charge in [0.2, 0.25) is 0 Å². The highest BCUT2D eigenvalue weighted by molar-refractivity contribution is 7.45. The molecule has 0 saturated carbocycles. The zero-order valence-corrected chi connectivity index (χ0v) is 7.61. The summed E-state index contributed by atoms with van der Waals surface area (Å²) in [7, 11) is -9.25. The molecule has 11 heavy (non-hydrogen) atoms. The Morgan fingerprint density at radius 2 is 0.909 bits per heavy atom. The van der Waals surface area contributed by atoms with Gasteiger partial charge in [0, 0.05) is 0 Å². The van der Waals surface area contributed by atoms with E-state index in [1.165, 1.54) is 0 Å². The fourth-order valence-corrected chi connectivity index (χ4v) is 0. The van der Waals surface area contributed by atoms with Crippen LogP contribution < -0.4 is 0 Å². The Hall–Kier alpha value is 0.457. The summed E-state index contributed by atoms with van der Waals surface area (Å²) in [5.41, 5.74) is 0. The maximum absolute atomic E-state index is 8.88. The van der Waals surface area contributed by atoms with Crippen LogP contribution in [0.1, 0.15) is 0 Å². The summed E-state index contributed by atoms with van der Waals surface area (Å²) in [4.78, 5) is 50.9. The Bertz CT molecular complexity index is 106. The molecule has 72 valence electrons. The minimum absolute atomic E-state index is 0. The molecule has 0 aromatic heterocycles. The minimum Gasteiger partial charge on any atom is -0.368 e. The fourth-order valence-electron chi connectivity index (χ4n) is 0. The monoisotopic (exact) mass is 230 g/mol. The third kappa shape index (κ3) is 3580. The summed E-state index contributed by atoms with van der Waals surface area (Å²) in [5, 5.41) is 0. The van der Waals surface area contributed by atoms with E-state index in [1.807, 2.05) is 0 Å². The first-order chi connectivity index (χ1) is 4.00. The summed E-state index contributed by atoms with van der Waals surface area (Å²) in [5.74, 6) is 0. The zero-order valence-electron chi connectivity index (χ0n) is 4.89. The molecule has 0 spiro atoms. The highest BCUT2D eigenvalue weighted by Gasteiger charge is 2.22. The largest absolute Gasteiger partial charge is 0.668 e. The van der Waals surface area contributed by atoms with Crippen LogP contribution in [-0.2, 0) is 4.57 Å². The Labute approximate surface area is 68.5 Å². The fraction of sp³-hybridized carbons (Fsp3) is 0. The molecule has 0 fully saturated rings. The molecule has 8 nitrogen and oxygen atoms in total. The molecule has 0 saturated heterocycles. The number of rotatable bonds is 0. The normalized spacial score (nSPS) is 10.8. The van der Waals surface area contributed by atoms with Gasteiger partial charge >= 0.3 is 16.9 Å². The van der Waals surface area contributed by atoms with E-state index < -0.39 is 16.9 Å². The molecular weight excluding hydrogens is 223 g/mol. The third-order valence-electron chi connectivity index (χ3n) is 0. The van der Waals surface area contributed by atoms with Crippen LogP contribution in [0.2, 0.25) is 0 Å². The second-order valence-corrected chi connectivity index (χ2v) is 3.34. The van der Waals surface area contributed by atoms with Gasteiger partial charge in [-0.3, -0.25) is 0 Å². The lowest BCUT2D eigenvalue weighted by Gasteiger charge is -1.91. The summed E-state index contributed by atoms with van der Waals surface area (Å²) in [6, 6.07) is 0. The highest BCUT2D eigenvalue weighted by atomic mass is 35.5. The van der Waals surface area contributed by atoms with E-state index in [-0.39, 0.29) is 12.4 Å². The molecular formula is H8ClO8PSi. The minimum atomic E-state index is -4.64. The van der Waals surface area contributed by atoms with Crippen molar-refractivity contribution in [3.8, 4) is 0 Å². The van der Waals surface area contributed by atoms with Crippen LogP contribution in [0.15, 0.2) is 0 Å². The van der Waals surface area contributed by atoms with Crippen molar-refractivity contribution >= 4 is 29.3 Å². The quantitative estimate of drug-likeness (QED) is 0.170. The molecule has 0 unspecified atom stereocenters. The van der Waals surface area contributed by atoms with Crippen LogP contribution in [0.3, 0.4) is 0 Å². The van der Waals surface area contributed by atoms with E-state index in [0.717, 1.165) is 0 Å². The molecule has 11 heteroatoms. The Morgan fingerprint density at radius 3 is 0.909 bits per heavy atom. The number of phosphoric acid groups is 1. The second-order valence-electron chi connectivity index (χ2n) is 1.11. The molecule has 0 aromatic rings. The van der Waals surface area contributed by atoms with Gasteiger partial charge in [-0.15, -0.1) is 12.4 Å². The van der Waals surface area contributed by atoms with E-state index in [9.17, 15) is 0 Å². The van der Waals surface area contributed by atoms with Crippen LogP contribution in [-0.4, -0.2) is 42.9 Å². The van der Waals surface area contributed by atoms with Crippen LogP contribution in [0.4, 0.5) is 0 Å². The molecule has 0 aliphatic heterocycles. The maximum atomic E-state index is 8.88. The molecule has 0 bridgehead atoms. The summed E-state index contributed by atoms with van der Waals surface area (Å²) >= 11 is 0. The smallest absolute Gasteiger partial charge is 0.368 e. The van der Waals surface area contributed by atoms with Crippen molar-refractivity contribution in [3.05, 3.63) is 0 Å². The molecule has 0 atom stereocenters. The van der Waals surface area contributed by atoms with Gasteiger partial charge in [0.25, 0.3) is 0 Å². The first-order valence-electron chi connectivity index (χ1n) is 1.68. The number of hydrogen-bond acceptors (Lipinski definition) is 5. The van der Waals surface area contributed by atoms with E-state index in [4.69, 9.17) is 38.4 Å². The van der Waals surface area contributed by atoms with E-state index in [2.05, 4.69) is 0 Å². The summed E-state index contributed by atoms with van der Waals surface area (Å²) < 4.78 is 8.88. The lowest BCUT2D eigenvalue weighted by Crippen LogP contribution is -2.33. The molecule has 0 radical (unpaired) electrons. The van der Waals surface area contributed by atoms with Gasteiger partial charge in [-0.25, -0.2) is 4.57 Å². The van der Waals surface area contributed by atoms with Gasteiger partial charge < -0.3 is 33.9 Å². The molecule has 0 heterocycles. The van der Waals surface area contributed by atoms with E-state index >= 15 is 0 Å². The summed E-state index contributed by atoms with van der Waals surface area (Å²) in [6.45, 7) is 0. The van der Waals surface area contributed by atoms with Crippen molar-refractivity contribution in [2.24, 2.45) is 0 Å². The highest BCUT2D eigenvalue weighted by Crippen LogP contribution is 2.25. The van der Waals surface area contributed by atoms with Gasteiger partial charge in [-0.05, 0) is 0 Å². The zero-order chi connectivity index (χ0) is 9.00. The van der Waals surface area contributed by atoms with Gasteiger partial charge in [-0.1, -0.05) is 0 Å². The molecule has 0 aliphatic carbocycles. The second kappa shape index (κ2) is 6.03. The van der Waals surface area contributed by atoms with Crippen LogP contribution in [0.25, 0.3) is 0 Å². The number of halogens is 1. The van der Waals surface area contributed by atoms with Crippen molar-refractivity contribution in [3.63, 3.8) is 0 Å². The van der Waals surface area contributed by atoms with Crippen molar-refractivity contribution in [2.75, 3.05) is 0 Å². The lowest BCUT2D eigenvalue weighted by atomic mass is 15.7.